The monoisotopic (exact) mass is 518 g/mol. The largest absolute Gasteiger partial charge is 0.354 e. The summed E-state index contributed by atoms with van der Waals surface area (Å²) in [5.41, 5.74) is -0.00872. The molecule has 1 aromatic rings. The number of hydrogen-bond acceptors (Lipinski definition) is 4. The van der Waals surface area contributed by atoms with E-state index in [1.165, 1.54) is 24.5 Å². The molecule has 0 saturated heterocycles. The third kappa shape index (κ3) is 9.15. The van der Waals surface area contributed by atoms with Gasteiger partial charge in [-0.2, -0.15) is 0 Å². The van der Waals surface area contributed by atoms with Gasteiger partial charge in [-0.05, 0) is 39.6 Å². The summed E-state index contributed by atoms with van der Waals surface area (Å²) in [6.45, 7) is 2.07. The van der Waals surface area contributed by atoms with Crippen LogP contribution >= 0.6 is 24.0 Å². The van der Waals surface area contributed by atoms with Gasteiger partial charge in [0, 0.05) is 31.5 Å². The van der Waals surface area contributed by atoms with Crippen LogP contribution in [0, 0.1) is 11.6 Å². The molecule has 1 aromatic carbocycles. The van der Waals surface area contributed by atoms with Gasteiger partial charge < -0.3 is 15.5 Å². The number of hydrogen-bond donors (Lipinski definition) is 2. The minimum atomic E-state index is -3.03. The molecule has 0 aliphatic heterocycles. The minimum Gasteiger partial charge on any atom is -0.354 e. The summed E-state index contributed by atoms with van der Waals surface area (Å²) in [6, 6.07) is 3.13. The van der Waals surface area contributed by atoms with Crippen LogP contribution in [0.1, 0.15) is 24.9 Å². The zero-order valence-corrected chi connectivity index (χ0v) is 19.4. The van der Waals surface area contributed by atoms with E-state index in [0.717, 1.165) is 0 Å². The van der Waals surface area contributed by atoms with Crippen molar-refractivity contribution in [3.63, 3.8) is 0 Å². The number of nitrogens with zero attached hydrogens (tertiary/aromatic N) is 2. The molecule has 0 aliphatic rings. The van der Waals surface area contributed by atoms with Crippen LogP contribution < -0.4 is 10.6 Å². The quantitative estimate of drug-likeness (QED) is 0.314. The van der Waals surface area contributed by atoms with E-state index in [1.54, 1.807) is 26.0 Å². The van der Waals surface area contributed by atoms with Crippen molar-refractivity contribution in [2.24, 2.45) is 4.99 Å². The van der Waals surface area contributed by atoms with Crippen molar-refractivity contribution in [3.8, 4) is 0 Å². The third-order valence-electron chi connectivity index (χ3n) is 3.95. The fourth-order valence-electron chi connectivity index (χ4n) is 2.46. The number of aliphatic imine (C=N–C) groups is 1. The number of nitrogens with one attached hydrogen (secondary N) is 2. The van der Waals surface area contributed by atoms with Gasteiger partial charge in [-0.25, -0.2) is 17.2 Å². The van der Waals surface area contributed by atoms with Crippen LogP contribution in [0.3, 0.4) is 0 Å². The lowest BCUT2D eigenvalue weighted by Gasteiger charge is -2.27. The molecule has 0 aliphatic carbocycles. The van der Waals surface area contributed by atoms with Crippen LogP contribution in [0.2, 0.25) is 0 Å². The van der Waals surface area contributed by atoms with E-state index in [-0.39, 0.29) is 47.9 Å². The van der Waals surface area contributed by atoms with Gasteiger partial charge >= 0.3 is 0 Å². The van der Waals surface area contributed by atoms with Crippen molar-refractivity contribution >= 4 is 39.8 Å². The normalized spacial score (nSPS) is 14.4. The Kier molecular flexibility index (Phi) is 11.3. The Morgan fingerprint density at radius 3 is 2.26 bits per heavy atom. The van der Waals surface area contributed by atoms with Crippen LogP contribution in [0.15, 0.2) is 23.2 Å². The summed E-state index contributed by atoms with van der Waals surface area (Å²) in [4.78, 5) is 5.80. The summed E-state index contributed by atoms with van der Waals surface area (Å²) in [6.07, 6.45) is 1.62. The first kappa shape index (κ1) is 26.0. The molecule has 0 radical (unpaired) electrons. The molecular formula is C17H29F2IN4O2S. The van der Waals surface area contributed by atoms with E-state index < -0.39 is 27.5 Å². The fourth-order valence-corrected chi connectivity index (χ4v) is 3.24. The standard InChI is InChI=1S/C17H28F2N4O2S.HI/c1-12(9-10-26(5,24)25)22-17(20-2)21-11-15(23(3)4)16-13(18)7-6-8-14(16)19;/h6-8,12,15H,9-11H2,1-5H3,(H2,20,21,22);1H. The number of halogens is 3. The van der Waals surface area contributed by atoms with Gasteiger partial charge in [-0.1, -0.05) is 6.07 Å². The average molecular weight is 518 g/mol. The first-order chi connectivity index (χ1) is 12.0. The second-order valence-electron chi connectivity index (χ2n) is 6.53. The molecule has 156 valence electrons. The molecule has 0 fully saturated rings. The zero-order chi connectivity index (χ0) is 19.9. The van der Waals surface area contributed by atoms with Crippen LogP contribution in [-0.2, 0) is 9.84 Å². The van der Waals surface area contributed by atoms with E-state index in [1.807, 2.05) is 6.92 Å². The first-order valence-corrected chi connectivity index (χ1v) is 10.4. The Hall–Kier alpha value is -1.01. The van der Waals surface area contributed by atoms with Crippen LogP contribution in [-0.4, -0.2) is 65.0 Å². The fraction of sp³-hybridized carbons (Fsp3) is 0.588. The van der Waals surface area contributed by atoms with Gasteiger partial charge in [0.05, 0.1) is 11.8 Å². The topological polar surface area (TPSA) is 73.8 Å². The van der Waals surface area contributed by atoms with Crippen LogP contribution in [0.5, 0.6) is 0 Å². The number of rotatable bonds is 8. The van der Waals surface area contributed by atoms with Gasteiger partial charge in [-0.3, -0.25) is 4.99 Å². The highest BCUT2D eigenvalue weighted by Gasteiger charge is 2.22. The van der Waals surface area contributed by atoms with E-state index in [2.05, 4.69) is 15.6 Å². The lowest BCUT2D eigenvalue weighted by molar-refractivity contribution is 0.282. The highest BCUT2D eigenvalue weighted by molar-refractivity contribution is 14.0. The number of sulfone groups is 1. The lowest BCUT2D eigenvalue weighted by atomic mass is 10.0. The molecule has 6 nitrogen and oxygen atoms in total. The summed E-state index contributed by atoms with van der Waals surface area (Å²) >= 11 is 0. The molecule has 0 bridgehead atoms. The number of benzene rings is 1. The molecular weight excluding hydrogens is 489 g/mol. The van der Waals surface area contributed by atoms with Crippen molar-refractivity contribution in [2.75, 3.05) is 39.7 Å². The zero-order valence-electron chi connectivity index (χ0n) is 16.3. The Labute approximate surface area is 177 Å². The average Bonchev–Trinajstić information content (AvgIpc) is 2.53. The molecule has 0 spiro atoms. The second-order valence-corrected chi connectivity index (χ2v) is 8.79. The summed E-state index contributed by atoms with van der Waals surface area (Å²) in [5, 5.41) is 6.13. The first-order valence-electron chi connectivity index (χ1n) is 8.30. The number of guanidine groups is 1. The highest BCUT2D eigenvalue weighted by atomic mass is 127. The molecule has 27 heavy (non-hydrogen) atoms. The molecule has 2 unspecified atom stereocenters. The van der Waals surface area contributed by atoms with Crippen LogP contribution in [0.25, 0.3) is 0 Å². The Morgan fingerprint density at radius 1 is 1.26 bits per heavy atom. The van der Waals surface area contributed by atoms with Gasteiger partial charge in [0.25, 0.3) is 0 Å². The predicted molar refractivity (Wildman–Crippen MR) is 116 cm³/mol. The lowest BCUT2D eigenvalue weighted by Crippen LogP contribution is -2.45. The molecule has 1 rings (SSSR count). The maximum absolute atomic E-state index is 14.1. The van der Waals surface area contributed by atoms with Crippen molar-refractivity contribution in [2.45, 2.75) is 25.4 Å². The van der Waals surface area contributed by atoms with E-state index in [4.69, 9.17) is 0 Å². The summed E-state index contributed by atoms with van der Waals surface area (Å²) in [7, 11) is 2.02. The highest BCUT2D eigenvalue weighted by Crippen LogP contribution is 2.23. The Bertz CT molecular complexity index is 709. The smallest absolute Gasteiger partial charge is 0.191 e. The van der Waals surface area contributed by atoms with Gasteiger partial charge in [0.2, 0.25) is 0 Å². The van der Waals surface area contributed by atoms with Crippen molar-refractivity contribution in [3.05, 3.63) is 35.4 Å². The third-order valence-corrected chi connectivity index (χ3v) is 4.92. The summed E-state index contributed by atoms with van der Waals surface area (Å²) < 4.78 is 50.7. The van der Waals surface area contributed by atoms with E-state index in [9.17, 15) is 17.2 Å². The van der Waals surface area contributed by atoms with E-state index in [0.29, 0.717) is 12.4 Å². The van der Waals surface area contributed by atoms with Crippen LogP contribution in [0.4, 0.5) is 8.78 Å². The molecule has 0 amide bonds. The van der Waals surface area contributed by atoms with Gasteiger partial charge in [0.15, 0.2) is 5.96 Å². The Morgan fingerprint density at radius 2 is 1.81 bits per heavy atom. The van der Waals surface area contributed by atoms with E-state index >= 15 is 0 Å². The molecule has 2 atom stereocenters. The van der Waals surface area contributed by atoms with Gasteiger partial charge in [0.1, 0.15) is 21.5 Å². The maximum atomic E-state index is 14.1. The maximum Gasteiger partial charge on any atom is 0.191 e. The Balaban J connectivity index is 0.00000676. The molecule has 10 heteroatoms. The number of likely N-dealkylation sites (N-methyl/N-ethyl adjacent to an activating group) is 1. The molecule has 0 aromatic heterocycles. The van der Waals surface area contributed by atoms with Crippen molar-refractivity contribution in [1.29, 1.82) is 0 Å². The van der Waals surface area contributed by atoms with Crippen molar-refractivity contribution in [1.82, 2.24) is 15.5 Å². The van der Waals surface area contributed by atoms with Crippen molar-refractivity contribution < 1.29 is 17.2 Å². The molecule has 0 heterocycles. The summed E-state index contributed by atoms with van der Waals surface area (Å²) in [5.74, 6) is -0.696. The predicted octanol–water partition coefficient (Wildman–Crippen LogP) is 2.17. The second kappa shape index (κ2) is 11.7. The molecule has 0 saturated carbocycles. The SMILES string of the molecule is CN=C(NCC(c1c(F)cccc1F)N(C)C)NC(C)CCS(C)(=O)=O.I. The molecule has 2 N–H and O–H groups in total. The minimum absolute atomic E-state index is 0. The van der Waals surface area contributed by atoms with Gasteiger partial charge in [-0.15, -0.1) is 24.0 Å².